The molecule has 0 spiro atoms. The molecule has 0 aromatic carbocycles. The Morgan fingerprint density at radius 1 is 1.43 bits per heavy atom. The Hall–Kier alpha value is -1.03. The second kappa shape index (κ2) is 4.46. The van der Waals surface area contributed by atoms with Gasteiger partial charge >= 0.3 is 0 Å². The van der Waals surface area contributed by atoms with Crippen LogP contribution in [0.1, 0.15) is 24.5 Å². The summed E-state index contributed by atoms with van der Waals surface area (Å²) in [5.41, 5.74) is 0.836. The van der Waals surface area contributed by atoms with E-state index in [2.05, 4.69) is 4.98 Å². The van der Waals surface area contributed by atoms with Gasteiger partial charge in [-0.1, -0.05) is 0 Å². The molecule has 1 aromatic heterocycles. The van der Waals surface area contributed by atoms with E-state index in [1.165, 1.54) is 25.2 Å². The SMILES string of the molecule is CC(=O)C(Cc1csc(C)n1)C(C)=O. The fourth-order valence-electron chi connectivity index (χ4n) is 1.28. The summed E-state index contributed by atoms with van der Waals surface area (Å²) < 4.78 is 0. The molecule has 0 aliphatic rings. The van der Waals surface area contributed by atoms with Crippen LogP contribution < -0.4 is 0 Å². The lowest BCUT2D eigenvalue weighted by atomic mass is 9.96. The minimum absolute atomic E-state index is 0.0804. The molecule has 0 atom stereocenters. The fourth-order valence-corrected chi connectivity index (χ4v) is 1.91. The van der Waals surface area contributed by atoms with Crippen molar-refractivity contribution in [2.45, 2.75) is 27.2 Å². The van der Waals surface area contributed by atoms with Crippen LogP contribution in [0.5, 0.6) is 0 Å². The Labute approximate surface area is 87.2 Å². The van der Waals surface area contributed by atoms with E-state index in [4.69, 9.17) is 0 Å². The molecule has 4 heteroatoms. The second-order valence-corrected chi connectivity index (χ2v) is 4.40. The summed E-state index contributed by atoms with van der Waals surface area (Å²) in [7, 11) is 0. The van der Waals surface area contributed by atoms with Crippen LogP contribution in [0.3, 0.4) is 0 Å². The maximum atomic E-state index is 11.2. The number of carbonyl (C=O) groups excluding carboxylic acids is 2. The van der Waals surface area contributed by atoms with Gasteiger partial charge in [0.15, 0.2) is 0 Å². The molecule has 1 heterocycles. The first-order valence-corrected chi connectivity index (χ1v) is 5.30. The highest BCUT2D eigenvalue weighted by Crippen LogP contribution is 2.14. The van der Waals surface area contributed by atoms with Crippen molar-refractivity contribution < 1.29 is 9.59 Å². The molecule has 1 aromatic rings. The predicted octanol–water partition coefficient (Wildman–Crippen LogP) is 1.79. The van der Waals surface area contributed by atoms with Gasteiger partial charge in [0.2, 0.25) is 0 Å². The lowest BCUT2D eigenvalue weighted by molar-refractivity contribution is -0.130. The van der Waals surface area contributed by atoms with Gasteiger partial charge in [-0.15, -0.1) is 11.3 Å². The summed E-state index contributed by atoms with van der Waals surface area (Å²) in [5, 5.41) is 2.86. The number of rotatable bonds is 4. The molecule has 0 N–H and O–H groups in total. The normalized spacial score (nSPS) is 10.6. The maximum absolute atomic E-state index is 11.2. The molecule has 0 bridgehead atoms. The van der Waals surface area contributed by atoms with Gasteiger partial charge < -0.3 is 0 Å². The van der Waals surface area contributed by atoms with Gasteiger partial charge in [-0.05, 0) is 20.8 Å². The van der Waals surface area contributed by atoms with Crippen LogP contribution >= 0.6 is 11.3 Å². The zero-order chi connectivity index (χ0) is 10.7. The van der Waals surface area contributed by atoms with Crippen molar-refractivity contribution in [2.75, 3.05) is 0 Å². The van der Waals surface area contributed by atoms with Crippen molar-refractivity contribution in [3.05, 3.63) is 16.1 Å². The summed E-state index contributed by atoms with van der Waals surface area (Å²) in [5.74, 6) is -0.678. The monoisotopic (exact) mass is 211 g/mol. The van der Waals surface area contributed by atoms with E-state index in [9.17, 15) is 9.59 Å². The summed E-state index contributed by atoms with van der Waals surface area (Å²) in [6, 6.07) is 0. The molecule has 14 heavy (non-hydrogen) atoms. The van der Waals surface area contributed by atoms with Crippen LogP contribution in [-0.2, 0) is 16.0 Å². The zero-order valence-electron chi connectivity index (χ0n) is 8.53. The molecule has 0 aliphatic carbocycles. The van der Waals surface area contributed by atoms with Crippen molar-refractivity contribution in [3.8, 4) is 0 Å². The van der Waals surface area contributed by atoms with Crippen molar-refractivity contribution in [1.29, 1.82) is 0 Å². The fraction of sp³-hybridized carbons (Fsp3) is 0.500. The van der Waals surface area contributed by atoms with E-state index in [0.29, 0.717) is 6.42 Å². The Bertz CT molecular complexity index is 343. The summed E-state index contributed by atoms with van der Waals surface area (Å²) in [4.78, 5) is 26.5. The molecule has 0 amide bonds. The lowest BCUT2D eigenvalue weighted by Crippen LogP contribution is -2.22. The standard InChI is InChI=1S/C10H13NO2S/c1-6(12)10(7(2)13)4-9-5-14-8(3)11-9/h5,10H,4H2,1-3H3. The van der Waals surface area contributed by atoms with Crippen LogP contribution in [0.2, 0.25) is 0 Å². The number of hydrogen-bond donors (Lipinski definition) is 0. The predicted molar refractivity (Wildman–Crippen MR) is 55.4 cm³/mol. The lowest BCUT2D eigenvalue weighted by Gasteiger charge is -2.07. The zero-order valence-corrected chi connectivity index (χ0v) is 9.35. The van der Waals surface area contributed by atoms with Crippen LogP contribution in [0.15, 0.2) is 5.38 Å². The molecule has 0 unspecified atom stereocenters. The number of carbonyl (C=O) groups is 2. The summed E-state index contributed by atoms with van der Waals surface area (Å²) in [6.45, 7) is 4.81. The van der Waals surface area contributed by atoms with Gasteiger partial charge in [-0.3, -0.25) is 9.59 Å². The minimum atomic E-state index is -0.517. The number of nitrogens with zero attached hydrogens (tertiary/aromatic N) is 1. The Kier molecular flexibility index (Phi) is 3.52. The van der Waals surface area contributed by atoms with Gasteiger partial charge in [0.1, 0.15) is 11.6 Å². The van der Waals surface area contributed by atoms with Gasteiger partial charge in [-0.25, -0.2) is 4.98 Å². The van der Waals surface area contributed by atoms with Gasteiger partial charge in [0.05, 0.1) is 16.6 Å². The quantitative estimate of drug-likeness (QED) is 0.713. The average Bonchev–Trinajstić information content (AvgIpc) is 2.46. The van der Waals surface area contributed by atoms with Gasteiger partial charge in [0.25, 0.3) is 0 Å². The van der Waals surface area contributed by atoms with Crippen molar-refractivity contribution in [3.63, 3.8) is 0 Å². The number of thiazole rings is 1. The third kappa shape index (κ3) is 2.73. The molecule has 76 valence electrons. The van der Waals surface area contributed by atoms with E-state index < -0.39 is 5.92 Å². The molecule has 0 aliphatic heterocycles. The molecule has 1 rings (SSSR count). The van der Waals surface area contributed by atoms with Crippen molar-refractivity contribution in [1.82, 2.24) is 4.98 Å². The number of ketones is 2. The number of aryl methyl sites for hydroxylation is 1. The Morgan fingerprint density at radius 2 is 2.00 bits per heavy atom. The summed E-state index contributed by atoms with van der Waals surface area (Å²) >= 11 is 1.54. The van der Waals surface area contributed by atoms with Crippen LogP contribution in [-0.4, -0.2) is 16.6 Å². The van der Waals surface area contributed by atoms with Crippen LogP contribution in [0.4, 0.5) is 0 Å². The van der Waals surface area contributed by atoms with E-state index in [0.717, 1.165) is 10.7 Å². The van der Waals surface area contributed by atoms with Gasteiger partial charge in [-0.2, -0.15) is 0 Å². The van der Waals surface area contributed by atoms with E-state index in [1.807, 2.05) is 12.3 Å². The second-order valence-electron chi connectivity index (χ2n) is 3.34. The van der Waals surface area contributed by atoms with Crippen molar-refractivity contribution >= 4 is 22.9 Å². The van der Waals surface area contributed by atoms with Crippen LogP contribution in [0.25, 0.3) is 0 Å². The summed E-state index contributed by atoms with van der Waals surface area (Å²) in [6.07, 6.45) is 0.439. The van der Waals surface area contributed by atoms with Gasteiger partial charge in [0, 0.05) is 11.8 Å². The molecule has 0 saturated carbocycles. The molecule has 0 radical (unpaired) electrons. The van der Waals surface area contributed by atoms with E-state index in [1.54, 1.807) is 0 Å². The minimum Gasteiger partial charge on any atom is -0.299 e. The molecule has 0 fully saturated rings. The van der Waals surface area contributed by atoms with E-state index in [-0.39, 0.29) is 11.6 Å². The average molecular weight is 211 g/mol. The first kappa shape index (κ1) is 11.0. The number of hydrogen-bond acceptors (Lipinski definition) is 4. The molecule has 3 nitrogen and oxygen atoms in total. The van der Waals surface area contributed by atoms with Crippen molar-refractivity contribution in [2.24, 2.45) is 5.92 Å². The highest BCUT2D eigenvalue weighted by Gasteiger charge is 2.20. The number of aromatic nitrogens is 1. The largest absolute Gasteiger partial charge is 0.299 e. The topological polar surface area (TPSA) is 47.0 Å². The highest BCUT2D eigenvalue weighted by atomic mass is 32.1. The highest BCUT2D eigenvalue weighted by molar-refractivity contribution is 7.09. The number of Topliss-reactive ketones (excluding diaryl/α,β-unsaturated/α-hetero) is 2. The maximum Gasteiger partial charge on any atom is 0.140 e. The Balaban J connectivity index is 2.74. The Morgan fingerprint density at radius 3 is 2.36 bits per heavy atom. The molecule has 0 saturated heterocycles. The van der Waals surface area contributed by atoms with Crippen LogP contribution in [0, 0.1) is 12.8 Å². The molecular formula is C10H13NO2S. The first-order chi connectivity index (χ1) is 6.50. The van der Waals surface area contributed by atoms with E-state index >= 15 is 0 Å². The molecular weight excluding hydrogens is 198 g/mol. The smallest absolute Gasteiger partial charge is 0.140 e. The third-order valence-electron chi connectivity index (χ3n) is 2.06. The third-order valence-corrected chi connectivity index (χ3v) is 2.88. The first-order valence-electron chi connectivity index (χ1n) is 4.42.